The second-order valence-electron chi connectivity index (χ2n) is 2.90. The molecule has 0 radical (unpaired) electrons. The van der Waals surface area contributed by atoms with Crippen molar-refractivity contribution in [2.45, 2.75) is 25.7 Å². The summed E-state index contributed by atoms with van der Waals surface area (Å²) in [4.78, 5) is 21.2. The number of hydrogen-bond acceptors (Lipinski definition) is 2. The molecular formula is C7H12BaO4. The molecule has 0 aromatic carbocycles. The average molecular weight is 297 g/mol. The molecule has 1 fully saturated rings. The van der Waals surface area contributed by atoms with E-state index in [1.165, 1.54) is 0 Å². The Labute approximate surface area is 110 Å². The van der Waals surface area contributed by atoms with Crippen LogP contribution < -0.4 is 0 Å². The normalized spacial score (nSPS) is 19.7. The van der Waals surface area contributed by atoms with Gasteiger partial charge in [-0.05, 0) is 12.8 Å². The summed E-state index contributed by atoms with van der Waals surface area (Å²) in [7, 11) is 0. The molecule has 0 aromatic heterocycles. The van der Waals surface area contributed by atoms with Crippen LogP contribution in [0, 0.1) is 5.41 Å². The molecule has 0 unspecified atom stereocenters. The minimum absolute atomic E-state index is 0. The van der Waals surface area contributed by atoms with E-state index in [0.29, 0.717) is 12.8 Å². The van der Waals surface area contributed by atoms with E-state index in [1.807, 2.05) is 0 Å². The van der Waals surface area contributed by atoms with Crippen molar-refractivity contribution in [1.29, 1.82) is 0 Å². The monoisotopic (exact) mass is 298 g/mol. The first-order valence-electron chi connectivity index (χ1n) is 3.56. The molecule has 0 amide bonds. The molecule has 0 atom stereocenters. The fourth-order valence-electron chi connectivity index (χ4n) is 1.50. The first-order valence-corrected chi connectivity index (χ1v) is 3.56. The zero-order chi connectivity index (χ0) is 8.48. The van der Waals surface area contributed by atoms with Gasteiger partial charge in [-0.1, -0.05) is 12.8 Å². The van der Waals surface area contributed by atoms with Crippen molar-refractivity contribution in [3.05, 3.63) is 0 Å². The standard InChI is InChI=1S/C7H10O4.Ba.2H/c8-5(9)7(6(10)11)3-1-2-4-7;;;/h1-4H2,(H,8,9)(H,10,11);;;. The third-order valence-corrected chi connectivity index (χ3v) is 2.28. The Kier molecular flexibility index (Phi) is 4.86. The molecule has 0 saturated heterocycles. The molecule has 5 heteroatoms. The predicted octanol–water partition coefficient (Wildman–Crippen LogP) is -0.200. The van der Waals surface area contributed by atoms with E-state index in [4.69, 9.17) is 10.2 Å². The van der Waals surface area contributed by atoms with Crippen LogP contribution in [0.3, 0.4) is 0 Å². The molecule has 0 heterocycles. The van der Waals surface area contributed by atoms with Crippen LogP contribution in [0.1, 0.15) is 25.7 Å². The molecule has 0 spiro atoms. The predicted molar refractivity (Wildman–Crippen MR) is 44.7 cm³/mol. The summed E-state index contributed by atoms with van der Waals surface area (Å²) in [5.74, 6) is -2.38. The molecule has 1 aliphatic carbocycles. The summed E-state index contributed by atoms with van der Waals surface area (Å²) in [6.45, 7) is 0. The van der Waals surface area contributed by atoms with Gasteiger partial charge in [0.2, 0.25) is 0 Å². The minimum atomic E-state index is -1.47. The van der Waals surface area contributed by atoms with Crippen LogP contribution in [-0.4, -0.2) is 71.0 Å². The second kappa shape index (κ2) is 4.67. The van der Waals surface area contributed by atoms with Gasteiger partial charge in [0, 0.05) is 0 Å². The Hall–Kier alpha value is 0.511. The third kappa shape index (κ3) is 2.06. The van der Waals surface area contributed by atoms with Gasteiger partial charge < -0.3 is 10.2 Å². The average Bonchev–Trinajstić information content (AvgIpc) is 2.34. The number of hydrogen-bond donors (Lipinski definition) is 2. The maximum atomic E-state index is 10.6. The summed E-state index contributed by atoms with van der Waals surface area (Å²) < 4.78 is 0. The van der Waals surface area contributed by atoms with E-state index in [1.54, 1.807) is 0 Å². The Balaban J connectivity index is 0.00000121. The molecule has 1 rings (SSSR count). The van der Waals surface area contributed by atoms with Crippen LogP contribution >= 0.6 is 0 Å². The van der Waals surface area contributed by atoms with Gasteiger partial charge in [-0.2, -0.15) is 0 Å². The zero-order valence-corrected chi connectivity index (χ0v) is 6.04. The summed E-state index contributed by atoms with van der Waals surface area (Å²) in [6, 6.07) is 0. The van der Waals surface area contributed by atoms with Crippen molar-refractivity contribution in [1.82, 2.24) is 0 Å². The summed E-state index contributed by atoms with van der Waals surface area (Å²) >= 11 is 0. The number of carboxylic acid groups (broad SMARTS) is 2. The van der Waals surface area contributed by atoms with Gasteiger partial charge >= 0.3 is 60.8 Å². The van der Waals surface area contributed by atoms with Crippen molar-refractivity contribution >= 4 is 60.8 Å². The van der Waals surface area contributed by atoms with Crippen molar-refractivity contribution in [3.63, 3.8) is 0 Å². The molecule has 4 nitrogen and oxygen atoms in total. The van der Waals surface area contributed by atoms with Crippen LogP contribution in [0.25, 0.3) is 0 Å². The summed E-state index contributed by atoms with van der Waals surface area (Å²) in [6.07, 6.45) is 1.96. The van der Waals surface area contributed by atoms with Crippen LogP contribution in [-0.2, 0) is 9.59 Å². The van der Waals surface area contributed by atoms with Gasteiger partial charge in [-0.25, -0.2) is 0 Å². The molecule has 66 valence electrons. The SMILES string of the molecule is O=C(O)C1(C(=O)O)CCCC1.[BaH2]. The van der Waals surface area contributed by atoms with Gasteiger partial charge in [0.15, 0.2) is 5.41 Å². The molecule has 0 aromatic rings. The number of rotatable bonds is 2. The summed E-state index contributed by atoms with van der Waals surface area (Å²) in [5, 5.41) is 17.3. The third-order valence-electron chi connectivity index (χ3n) is 2.28. The van der Waals surface area contributed by atoms with Crippen molar-refractivity contribution in [2.75, 3.05) is 0 Å². The molecule has 1 saturated carbocycles. The quantitative estimate of drug-likeness (QED) is 0.547. The zero-order valence-electron chi connectivity index (χ0n) is 6.04. The van der Waals surface area contributed by atoms with E-state index < -0.39 is 17.4 Å². The maximum absolute atomic E-state index is 10.6. The Morgan fingerprint density at radius 3 is 1.50 bits per heavy atom. The second-order valence-corrected chi connectivity index (χ2v) is 2.90. The van der Waals surface area contributed by atoms with E-state index in [0.717, 1.165) is 0 Å². The molecule has 0 bridgehead atoms. The van der Waals surface area contributed by atoms with Crippen molar-refractivity contribution in [3.8, 4) is 0 Å². The van der Waals surface area contributed by atoms with Crippen LogP contribution in [0.2, 0.25) is 0 Å². The van der Waals surface area contributed by atoms with Gasteiger partial charge in [0.25, 0.3) is 0 Å². The number of carbonyl (C=O) groups is 2. The van der Waals surface area contributed by atoms with Gasteiger partial charge in [0.05, 0.1) is 0 Å². The molecular weight excluding hydrogens is 285 g/mol. The Morgan fingerprint density at radius 1 is 1.00 bits per heavy atom. The number of aliphatic carboxylic acids is 2. The van der Waals surface area contributed by atoms with Gasteiger partial charge in [0.1, 0.15) is 0 Å². The van der Waals surface area contributed by atoms with Gasteiger partial charge in [-0.15, -0.1) is 0 Å². The Bertz CT molecular complexity index is 180. The van der Waals surface area contributed by atoms with Crippen molar-refractivity contribution < 1.29 is 19.8 Å². The fourth-order valence-corrected chi connectivity index (χ4v) is 1.50. The fraction of sp³-hybridized carbons (Fsp3) is 0.714. The molecule has 1 aliphatic rings. The van der Waals surface area contributed by atoms with E-state index in [-0.39, 0.29) is 61.7 Å². The van der Waals surface area contributed by atoms with E-state index in [9.17, 15) is 9.59 Å². The molecule has 0 aliphatic heterocycles. The van der Waals surface area contributed by atoms with Crippen LogP contribution in [0.5, 0.6) is 0 Å². The topological polar surface area (TPSA) is 74.6 Å². The number of carboxylic acids is 2. The first-order chi connectivity index (χ1) is 5.09. The van der Waals surface area contributed by atoms with E-state index in [2.05, 4.69) is 0 Å². The van der Waals surface area contributed by atoms with Crippen LogP contribution in [0.15, 0.2) is 0 Å². The first kappa shape index (κ1) is 12.5. The molecule has 2 N–H and O–H groups in total. The summed E-state index contributed by atoms with van der Waals surface area (Å²) in [5.41, 5.74) is -1.47. The van der Waals surface area contributed by atoms with Gasteiger partial charge in [-0.3, -0.25) is 9.59 Å². The van der Waals surface area contributed by atoms with E-state index >= 15 is 0 Å². The Morgan fingerprint density at radius 2 is 1.33 bits per heavy atom. The van der Waals surface area contributed by atoms with Crippen LogP contribution in [0.4, 0.5) is 0 Å². The van der Waals surface area contributed by atoms with Crippen molar-refractivity contribution in [2.24, 2.45) is 5.41 Å². The molecule has 12 heavy (non-hydrogen) atoms.